The van der Waals surface area contributed by atoms with E-state index in [0.29, 0.717) is 18.3 Å². The van der Waals surface area contributed by atoms with E-state index in [-0.39, 0.29) is 22.4 Å². The van der Waals surface area contributed by atoms with E-state index >= 15 is 0 Å². The molecule has 4 heterocycles. The molecule has 4 heteroatoms. The second kappa shape index (κ2) is 6.43. The molecule has 0 amide bonds. The van der Waals surface area contributed by atoms with Gasteiger partial charge in [-0.25, -0.2) is 0 Å². The van der Waals surface area contributed by atoms with Gasteiger partial charge in [-0.05, 0) is 73.1 Å². The van der Waals surface area contributed by atoms with E-state index in [0.717, 1.165) is 25.9 Å². The first kappa shape index (κ1) is 19.2. The second-order valence-corrected chi connectivity index (χ2v) is 10.5. The maximum absolute atomic E-state index is 6.01. The summed E-state index contributed by atoms with van der Waals surface area (Å²) in [5.74, 6) is 0. The quantitative estimate of drug-likeness (QED) is 0.368. The second-order valence-electron chi connectivity index (χ2n) is 10.5. The smallest absolute Gasteiger partial charge is 0.0921 e. The Morgan fingerprint density at radius 1 is 0.654 bits per heavy atom. The van der Waals surface area contributed by atoms with Crippen molar-refractivity contribution in [3.05, 3.63) is 0 Å². The van der Waals surface area contributed by atoms with Gasteiger partial charge >= 0.3 is 0 Å². The summed E-state index contributed by atoms with van der Waals surface area (Å²) >= 11 is 0. The average Bonchev–Trinajstić information content (AvgIpc) is 3.45. The lowest BCUT2D eigenvalue weighted by Crippen LogP contribution is -2.14. The summed E-state index contributed by atoms with van der Waals surface area (Å²) in [6.07, 6.45) is 12.3. The van der Waals surface area contributed by atoms with Gasteiger partial charge < -0.3 is 18.9 Å². The molecule has 150 valence electrons. The van der Waals surface area contributed by atoms with Crippen LogP contribution in [0.15, 0.2) is 0 Å². The SMILES string of the molecule is CC1(C)OC1CCC1(CCCCCC2OC2(C)CCC2OC2(C)C)CO1. The zero-order valence-electron chi connectivity index (χ0n) is 17.4. The number of rotatable bonds is 12. The van der Waals surface area contributed by atoms with Crippen LogP contribution in [0, 0.1) is 0 Å². The van der Waals surface area contributed by atoms with Crippen LogP contribution in [0.1, 0.15) is 92.4 Å². The highest BCUT2D eigenvalue weighted by Gasteiger charge is 2.54. The van der Waals surface area contributed by atoms with Gasteiger partial charge in [0.2, 0.25) is 0 Å². The van der Waals surface area contributed by atoms with E-state index in [1.807, 2.05) is 0 Å². The largest absolute Gasteiger partial charge is 0.370 e. The van der Waals surface area contributed by atoms with Crippen molar-refractivity contribution in [2.45, 2.75) is 133 Å². The van der Waals surface area contributed by atoms with Crippen molar-refractivity contribution in [3.8, 4) is 0 Å². The third kappa shape index (κ3) is 4.45. The number of hydrogen-bond donors (Lipinski definition) is 0. The van der Waals surface area contributed by atoms with Crippen molar-refractivity contribution in [2.24, 2.45) is 0 Å². The van der Waals surface area contributed by atoms with Gasteiger partial charge in [0, 0.05) is 0 Å². The maximum Gasteiger partial charge on any atom is 0.0921 e. The van der Waals surface area contributed by atoms with Crippen LogP contribution < -0.4 is 0 Å². The molecule has 0 bridgehead atoms. The molecule has 0 spiro atoms. The molecule has 0 N–H and O–H groups in total. The van der Waals surface area contributed by atoms with Gasteiger partial charge in [0.05, 0.1) is 47.3 Å². The van der Waals surface area contributed by atoms with E-state index < -0.39 is 0 Å². The van der Waals surface area contributed by atoms with Crippen LogP contribution in [0.4, 0.5) is 0 Å². The predicted octanol–water partition coefficient (Wildman–Crippen LogP) is 4.78. The van der Waals surface area contributed by atoms with Crippen LogP contribution in [0.25, 0.3) is 0 Å². The molecule has 0 radical (unpaired) electrons. The Bertz CT molecular complexity index is 524. The topological polar surface area (TPSA) is 50.1 Å². The molecular formula is C22H38O4. The van der Waals surface area contributed by atoms with Crippen LogP contribution in [0.3, 0.4) is 0 Å². The fourth-order valence-corrected chi connectivity index (χ4v) is 4.63. The third-order valence-corrected chi connectivity index (χ3v) is 7.28. The van der Waals surface area contributed by atoms with Gasteiger partial charge in [0.25, 0.3) is 0 Å². The zero-order chi connectivity index (χ0) is 18.6. The van der Waals surface area contributed by atoms with E-state index in [9.17, 15) is 0 Å². The van der Waals surface area contributed by atoms with Gasteiger partial charge in [0.15, 0.2) is 0 Å². The zero-order valence-corrected chi connectivity index (χ0v) is 17.4. The van der Waals surface area contributed by atoms with Crippen molar-refractivity contribution in [2.75, 3.05) is 6.61 Å². The summed E-state index contributed by atoms with van der Waals surface area (Å²) in [6, 6.07) is 0. The van der Waals surface area contributed by atoms with Crippen molar-refractivity contribution >= 4 is 0 Å². The maximum atomic E-state index is 6.01. The van der Waals surface area contributed by atoms with Gasteiger partial charge in [-0.15, -0.1) is 0 Å². The monoisotopic (exact) mass is 366 g/mol. The molecule has 0 saturated carbocycles. The molecule has 4 nitrogen and oxygen atoms in total. The van der Waals surface area contributed by atoms with Crippen LogP contribution >= 0.6 is 0 Å². The van der Waals surface area contributed by atoms with Crippen LogP contribution in [-0.2, 0) is 18.9 Å². The Morgan fingerprint density at radius 3 is 1.77 bits per heavy atom. The van der Waals surface area contributed by atoms with E-state index in [1.54, 1.807) is 0 Å². The summed E-state index contributed by atoms with van der Waals surface area (Å²) < 4.78 is 23.2. The Hall–Kier alpha value is -0.160. The molecule has 4 rings (SSSR count). The summed E-state index contributed by atoms with van der Waals surface area (Å²) in [5, 5.41) is 0. The molecule has 4 aliphatic heterocycles. The average molecular weight is 367 g/mol. The lowest BCUT2D eigenvalue weighted by atomic mass is 9.92. The van der Waals surface area contributed by atoms with Crippen LogP contribution in [0.2, 0.25) is 0 Å². The molecule has 0 aromatic rings. The van der Waals surface area contributed by atoms with Gasteiger partial charge in [0.1, 0.15) is 0 Å². The van der Waals surface area contributed by atoms with Crippen molar-refractivity contribution in [1.82, 2.24) is 0 Å². The minimum absolute atomic E-state index is 0.114. The van der Waals surface area contributed by atoms with E-state index in [1.165, 1.54) is 38.5 Å². The molecule has 4 fully saturated rings. The number of unbranched alkanes of at least 4 members (excludes halogenated alkanes) is 2. The van der Waals surface area contributed by atoms with Gasteiger partial charge in [-0.1, -0.05) is 19.3 Å². The molecule has 0 aromatic heterocycles. The first-order valence-electron chi connectivity index (χ1n) is 10.8. The minimum Gasteiger partial charge on any atom is -0.370 e. The lowest BCUT2D eigenvalue weighted by molar-refractivity contribution is 0.250. The van der Waals surface area contributed by atoms with Gasteiger partial charge in [-0.2, -0.15) is 0 Å². The molecule has 0 aromatic carbocycles. The normalized spacial score (nSPS) is 44.0. The summed E-state index contributed by atoms with van der Waals surface area (Å²) in [6.45, 7) is 12.0. The Kier molecular flexibility index (Phi) is 4.74. The first-order valence-corrected chi connectivity index (χ1v) is 10.8. The minimum atomic E-state index is 0.114. The highest BCUT2D eigenvalue weighted by atomic mass is 16.6. The number of epoxide rings is 4. The number of ether oxygens (including phenoxy) is 4. The molecular weight excluding hydrogens is 328 g/mol. The lowest BCUT2D eigenvalue weighted by Gasteiger charge is -2.11. The standard InChI is InChI=1S/C22H38O4/c1-19(2)16(24-19)10-13-21(5)18(26-21)9-7-6-8-12-22(15-23-22)14-11-17-20(3,4)25-17/h16-18H,6-15H2,1-5H3. The first-order chi connectivity index (χ1) is 12.1. The van der Waals surface area contributed by atoms with Crippen molar-refractivity contribution in [3.63, 3.8) is 0 Å². The van der Waals surface area contributed by atoms with Crippen LogP contribution in [0.5, 0.6) is 0 Å². The van der Waals surface area contributed by atoms with E-state index in [2.05, 4.69) is 34.6 Å². The summed E-state index contributed by atoms with van der Waals surface area (Å²) in [5.41, 5.74) is 0.557. The highest BCUT2D eigenvalue weighted by molar-refractivity contribution is 5.03. The van der Waals surface area contributed by atoms with Crippen LogP contribution in [-0.4, -0.2) is 47.3 Å². The van der Waals surface area contributed by atoms with Gasteiger partial charge in [-0.3, -0.25) is 0 Å². The Morgan fingerprint density at radius 2 is 1.23 bits per heavy atom. The molecule has 4 aliphatic rings. The Labute approximate surface area is 159 Å². The molecule has 4 saturated heterocycles. The Balaban J connectivity index is 1.03. The third-order valence-electron chi connectivity index (χ3n) is 7.28. The fraction of sp³-hybridized carbons (Fsp3) is 1.00. The van der Waals surface area contributed by atoms with Crippen molar-refractivity contribution < 1.29 is 18.9 Å². The number of hydrogen-bond acceptors (Lipinski definition) is 4. The van der Waals surface area contributed by atoms with Crippen molar-refractivity contribution in [1.29, 1.82) is 0 Å². The summed E-state index contributed by atoms with van der Waals surface area (Å²) in [4.78, 5) is 0. The molecule has 26 heavy (non-hydrogen) atoms. The molecule has 5 atom stereocenters. The summed E-state index contributed by atoms with van der Waals surface area (Å²) in [7, 11) is 0. The fourth-order valence-electron chi connectivity index (χ4n) is 4.63. The highest BCUT2D eigenvalue weighted by Crippen LogP contribution is 2.48. The molecule has 5 unspecified atom stereocenters. The van der Waals surface area contributed by atoms with E-state index in [4.69, 9.17) is 18.9 Å². The molecule has 0 aliphatic carbocycles. The predicted molar refractivity (Wildman–Crippen MR) is 101 cm³/mol.